The predicted molar refractivity (Wildman–Crippen MR) is 64.7 cm³/mol. The van der Waals surface area contributed by atoms with Crippen LogP contribution in [-0.4, -0.2) is 57.5 Å². The van der Waals surface area contributed by atoms with Gasteiger partial charge in [0, 0.05) is 27.5 Å². The van der Waals surface area contributed by atoms with Gasteiger partial charge in [-0.1, -0.05) is 5.11 Å². The zero-order valence-electron chi connectivity index (χ0n) is 8.97. The Balaban J connectivity index is 2.85. The lowest BCUT2D eigenvalue weighted by atomic mass is 9.99. The van der Waals surface area contributed by atoms with Gasteiger partial charge in [0.1, 0.15) is 24.4 Å². The summed E-state index contributed by atoms with van der Waals surface area (Å²) in [5.41, 5.74) is 8.35. The molecule has 0 bridgehead atoms. The van der Waals surface area contributed by atoms with Crippen molar-refractivity contribution in [2.24, 2.45) is 5.11 Å². The molecule has 1 rings (SSSR count). The molecule has 1 heterocycles. The molecule has 0 saturated carbocycles. The molecule has 0 radical (unpaired) electrons. The summed E-state index contributed by atoms with van der Waals surface area (Å²) in [5.74, 6) is -1.16. The summed E-state index contributed by atoms with van der Waals surface area (Å²) in [7, 11) is 0. The van der Waals surface area contributed by atoms with Gasteiger partial charge < -0.3 is 19.7 Å². The second kappa shape index (κ2) is 6.85. The molecule has 0 spiro atoms. The number of aliphatic hydroxyl groups excluding tert-OH is 2. The molecule has 1 aliphatic heterocycles. The quantitative estimate of drug-likeness (QED) is 0.127. The molecule has 10 heteroatoms. The van der Waals surface area contributed by atoms with Gasteiger partial charge in [-0.15, -0.1) is 0 Å². The minimum atomic E-state index is -1.38. The number of hydrogen-bond acceptors (Lipinski definition) is 7. The molecule has 3 unspecified atom stereocenters. The van der Waals surface area contributed by atoms with E-state index in [9.17, 15) is 14.7 Å². The molecular weight excluding hydrogens is 361 g/mol. The largest absolute Gasteiger partial charge is 0.453 e. The summed E-state index contributed by atoms with van der Waals surface area (Å²) < 4.78 is 8.93. The molecule has 100 valence electrons. The highest BCUT2D eigenvalue weighted by Gasteiger charge is 2.42. The van der Waals surface area contributed by atoms with Crippen LogP contribution in [-0.2, 0) is 19.1 Å². The summed E-state index contributed by atoms with van der Waals surface area (Å²) >= 11 is 1.24. The highest BCUT2D eigenvalue weighted by atomic mass is 127. The van der Waals surface area contributed by atoms with Gasteiger partial charge in [-0.2, -0.15) is 0 Å². The number of carbonyl (C=O) groups is 2. The van der Waals surface area contributed by atoms with Crippen molar-refractivity contribution in [3.8, 4) is 0 Å². The molecule has 1 fully saturated rings. The summed E-state index contributed by atoms with van der Waals surface area (Å²) in [6, 6.07) is -0.951. The van der Waals surface area contributed by atoms with Crippen molar-refractivity contribution in [2.75, 3.05) is 13.2 Å². The molecule has 0 amide bonds. The molecule has 4 atom stereocenters. The normalized spacial score (nSPS) is 31.3. The maximum atomic E-state index is 11.2. The lowest BCUT2D eigenvalue weighted by molar-refractivity contribution is -0.186. The standard InChI is InChI=1S/C8H10IN3O6/c9-7(15)8(16)18-6-3(11-12-10)2-17-4(1-13)5(6)14/h3-6,13-14H,1-2H2/t3?,4?,5-,6?/m1/s1. The van der Waals surface area contributed by atoms with Gasteiger partial charge in [-0.25, -0.2) is 4.79 Å². The fraction of sp³-hybridized carbons (Fsp3) is 0.750. The van der Waals surface area contributed by atoms with E-state index < -0.39 is 40.7 Å². The molecule has 18 heavy (non-hydrogen) atoms. The third kappa shape index (κ3) is 3.53. The first kappa shape index (κ1) is 15.1. The van der Waals surface area contributed by atoms with Crippen LogP contribution in [0.1, 0.15) is 0 Å². The van der Waals surface area contributed by atoms with Crippen molar-refractivity contribution in [1.29, 1.82) is 0 Å². The van der Waals surface area contributed by atoms with Gasteiger partial charge in [0.15, 0.2) is 0 Å². The van der Waals surface area contributed by atoms with E-state index in [2.05, 4.69) is 10.0 Å². The van der Waals surface area contributed by atoms with Crippen molar-refractivity contribution < 1.29 is 29.3 Å². The van der Waals surface area contributed by atoms with Crippen LogP contribution >= 0.6 is 22.6 Å². The average molecular weight is 371 g/mol. The number of carbonyl (C=O) groups excluding carboxylic acids is 2. The zero-order valence-corrected chi connectivity index (χ0v) is 11.1. The first-order valence-corrected chi connectivity index (χ1v) is 5.94. The lowest BCUT2D eigenvalue weighted by Crippen LogP contribution is -2.55. The fourth-order valence-electron chi connectivity index (χ4n) is 1.50. The van der Waals surface area contributed by atoms with Crippen LogP contribution in [0, 0.1) is 0 Å². The first-order valence-electron chi connectivity index (χ1n) is 4.86. The highest BCUT2D eigenvalue weighted by Crippen LogP contribution is 2.21. The Morgan fingerprint density at radius 2 is 2.28 bits per heavy atom. The van der Waals surface area contributed by atoms with E-state index in [0.717, 1.165) is 0 Å². The van der Waals surface area contributed by atoms with Gasteiger partial charge in [0.05, 0.1) is 13.2 Å². The van der Waals surface area contributed by atoms with E-state index in [0.29, 0.717) is 0 Å². The van der Waals surface area contributed by atoms with E-state index in [-0.39, 0.29) is 6.61 Å². The van der Waals surface area contributed by atoms with Crippen LogP contribution in [0.2, 0.25) is 0 Å². The van der Waals surface area contributed by atoms with Crippen LogP contribution in [0.15, 0.2) is 5.11 Å². The van der Waals surface area contributed by atoms with Crippen LogP contribution in [0.25, 0.3) is 10.4 Å². The van der Waals surface area contributed by atoms with Crippen LogP contribution in [0.4, 0.5) is 0 Å². The summed E-state index contributed by atoms with van der Waals surface area (Å²) in [6.45, 7) is -0.615. The van der Waals surface area contributed by atoms with Crippen molar-refractivity contribution in [2.45, 2.75) is 24.4 Å². The Bertz CT molecular complexity index is 385. The smallest absolute Gasteiger partial charge is 0.385 e. The zero-order chi connectivity index (χ0) is 13.7. The van der Waals surface area contributed by atoms with Crippen molar-refractivity contribution in [3.63, 3.8) is 0 Å². The number of esters is 1. The predicted octanol–water partition coefficient (Wildman–Crippen LogP) is -0.709. The molecule has 0 aromatic rings. The summed E-state index contributed by atoms with van der Waals surface area (Å²) in [5, 5.41) is 22.1. The maximum Gasteiger partial charge on any atom is 0.385 e. The molecule has 9 nitrogen and oxygen atoms in total. The van der Waals surface area contributed by atoms with Gasteiger partial charge in [-0.3, -0.25) is 4.79 Å². The molecular formula is C8H10IN3O6. The Hall–Kier alpha value is -0.940. The molecule has 0 aromatic carbocycles. The molecule has 1 aliphatic rings. The molecule has 2 N–H and O–H groups in total. The Morgan fingerprint density at radius 3 is 2.78 bits per heavy atom. The van der Waals surface area contributed by atoms with Crippen molar-refractivity contribution in [1.82, 2.24) is 0 Å². The Morgan fingerprint density at radius 1 is 1.61 bits per heavy atom. The SMILES string of the molecule is [N-]=[N+]=NC1COC(CO)[C@@H](O)C1OC(=O)C(=O)I. The number of halogens is 1. The number of hydrogen-bond donors (Lipinski definition) is 2. The van der Waals surface area contributed by atoms with Gasteiger partial charge in [-0.05, 0) is 5.53 Å². The van der Waals surface area contributed by atoms with Gasteiger partial charge in [0.25, 0.3) is 3.79 Å². The second-order valence-corrected chi connectivity index (χ2v) is 4.44. The van der Waals surface area contributed by atoms with E-state index >= 15 is 0 Å². The second-order valence-electron chi connectivity index (χ2n) is 3.46. The lowest BCUT2D eigenvalue weighted by Gasteiger charge is -2.36. The van der Waals surface area contributed by atoms with E-state index in [1.54, 1.807) is 0 Å². The minimum Gasteiger partial charge on any atom is -0.453 e. The highest BCUT2D eigenvalue weighted by molar-refractivity contribution is 14.1. The van der Waals surface area contributed by atoms with Gasteiger partial charge >= 0.3 is 5.97 Å². The van der Waals surface area contributed by atoms with Crippen LogP contribution < -0.4 is 0 Å². The fourth-order valence-corrected chi connectivity index (χ4v) is 1.63. The Kier molecular flexibility index (Phi) is 5.75. The van der Waals surface area contributed by atoms with Crippen molar-refractivity contribution >= 4 is 32.4 Å². The summed E-state index contributed by atoms with van der Waals surface area (Å²) in [4.78, 5) is 24.5. The topological polar surface area (TPSA) is 142 Å². The maximum absolute atomic E-state index is 11.2. The van der Waals surface area contributed by atoms with E-state index in [1.165, 1.54) is 22.6 Å². The number of azide groups is 1. The van der Waals surface area contributed by atoms with Gasteiger partial charge in [0.2, 0.25) is 0 Å². The first-order chi connectivity index (χ1) is 8.51. The third-order valence-electron chi connectivity index (χ3n) is 2.36. The van der Waals surface area contributed by atoms with E-state index in [4.69, 9.17) is 20.1 Å². The summed E-state index contributed by atoms with van der Waals surface area (Å²) in [6.07, 6.45) is -3.56. The van der Waals surface area contributed by atoms with Crippen molar-refractivity contribution in [3.05, 3.63) is 10.4 Å². The minimum absolute atomic E-state index is 0.125. The number of nitrogens with zero attached hydrogens (tertiary/aromatic N) is 3. The molecule has 0 aromatic heterocycles. The van der Waals surface area contributed by atoms with Crippen LogP contribution in [0.5, 0.6) is 0 Å². The average Bonchev–Trinajstić information content (AvgIpc) is 2.33. The van der Waals surface area contributed by atoms with E-state index in [1.807, 2.05) is 0 Å². The number of rotatable bonds is 4. The number of aliphatic hydroxyl groups is 2. The monoisotopic (exact) mass is 371 g/mol. The Labute approximate surface area is 115 Å². The third-order valence-corrected chi connectivity index (χ3v) is 2.80. The van der Waals surface area contributed by atoms with Crippen LogP contribution in [0.3, 0.4) is 0 Å². The molecule has 1 saturated heterocycles. The molecule has 0 aliphatic carbocycles. The number of ether oxygens (including phenoxy) is 2.